The second-order valence-corrected chi connectivity index (χ2v) is 8.42. The van der Waals surface area contributed by atoms with Crippen molar-refractivity contribution >= 4 is 33.3 Å². The molecule has 0 radical (unpaired) electrons. The predicted octanol–water partition coefficient (Wildman–Crippen LogP) is 6.47. The quantitative estimate of drug-likeness (QED) is 0.336. The predicted molar refractivity (Wildman–Crippen MR) is 124 cm³/mol. The molecule has 3 aromatic rings. The third kappa shape index (κ3) is 4.77. The first-order chi connectivity index (χ1) is 15.0. The Morgan fingerprint density at radius 2 is 1.77 bits per heavy atom. The SMILES string of the molecule is O=C(Nc1ccccc1Br)N(Cc1ccc([N+](=O)[O-])cc1)C1CCCc2ccccc21. The van der Waals surface area contributed by atoms with Gasteiger partial charge in [0.05, 0.1) is 16.7 Å². The number of aryl methyl sites for hydroxylation is 1. The van der Waals surface area contributed by atoms with Gasteiger partial charge in [-0.05, 0) is 64.0 Å². The Hall–Kier alpha value is -3.19. The number of urea groups is 1. The van der Waals surface area contributed by atoms with Crippen molar-refractivity contribution in [3.8, 4) is 0 Å². The van der Waals surface area contributed by atoms with E-state index in [4.69, 9.17) is 0 Å². The number of hydrogen-bond donors (Lipinski definition) is 1. The molecule has 158 valence electrons. The molecule has 0 saturated carbocycles. The van der Waals surface area contributed by atoms with Crippen molar-refractivity contribution in [1.29, 1.82) is 0 Å². The Kier molecular flexibility index (Phi) is 6.32. The lowest BCUT2D eigenvalue weighted by Gasteiger charge is -2.36. The van der Waals surface area contributed by atoms with Crippen LogP contribution >= 0.6 is 15.9 Å². The van der Waals surface area contributed by atoms with Crippen molar-refractivity contribution in [1.82, 2.24) is 4.90 Å². The number of para-hydroxylation sites is 1. The largest absolute Gasteiger partial charge is 0.322 e. The molecule has 2 amide bonds. The van der Waals surface area contributed by atoms with Crippen LogP contribution in [0.3, 0.4) is 0 Å². The van der Waals surface area contributed by atoms with Crippen molar-refractivity contribution < 1.29 is 9.72 Å². The number of nitro groups is 1. The van der Waals surface area contributed by atoms with Gasteiger partial charge in [-0.25, -0.2) is 4.79 Å². The monoisotopic (exact) mass is 479 g/mol. The number of benzene rings is 3. The number of hydrogen-bond acceptors (Lipinski definition) is 3. The van der Waals surface area contributed by atoms with Crippen LogP contribution in [0.5, 0.6) is 0 Å². The molecule has 0 saturated heterocycles. The summed E-state index contributed by atoms with van der Waals surface area (Å²) >= 11 is 3.49. The zero-order valence-electron chi connectivity index (χ0n) is 16.8. The molecule has 6 nitrogen and oxygen atoms in total. The number of rotatable bonds is 5. The molecule has 0 aliphatic heterocycles. The van der Waals surface area contributed by atoms with Gasteiger partial charge in [-0.3, -0.25) is 10.1 Å². The highest BCUT2D eigenvalue weighted by molar-refractivity contribution is 9.10. The van der Waals surface area contributed by atoms with Crippen LogP contribution in [-0.2, 0) is 13.0 Å². The summed E-state index contributed by atoms with van der Waals surface area (Å²) in [7, 11) is 0. The van der Waals surface area contributed by atoms with Crippen molar-refractivity contribution in [3.63, 3.8) is 0 Å². The fourth-order valence-electron chi connectivity index (χ4n) is 4.04. The molecule has 3 aromatic carbocycles. The Bertz CT molecular complexity index is 1100. The number of nitro benzene ring substituents is 1. The topological polar surface area (TPSA) is 75.5 Å². The van der Waals surface area contributed by atoms with Crippen LogP contribution in [0.15, 0.2) is 77.3 Å². The average Bonchev–Trinajstić information content (AvgIpc) is 2.79. The van der Waals surface area contributed by atoms with Gasteiger partial charge in [-0.15, -0.1) is 0 Å². The maximum absolute atomic E-state index is 13.4. The van der Waals surface area contributed by atoms with E-state index in [2.05, 4.69) is 33.4 Å². The summed E-state index contributed by atoms with van der Waals surface area (Å²) in [5.74, 6) is 0. The summed E-state index contributed by atoms with van der Waals surface area (Å²) < 4.78 is 0.808. The number of non-ortho nitro benzene ring substituents is 1. The molecular formula is C24H22BrN3O3. The van der Waals surface area contributed by atoms with Crippen LogP contribution < -0.4 is 5.32 Å². The van der Waals surface area contributed by atoms with Crippen LogP contribution in [0, 0.1) is 10.1 Å². The summed E-state index contributed by atoms with van der Waals surface area (Å²) in [5, 5.41) is 14.0. The van der Waals surface area contributed by atoms with Crippen LogP contribution in [0.25, 0.3) is 0 Å². The molecule has 1 aliphatic carbocycles. The fourth-order valence-corrected chi connectivity index (χ4v) is 4.43. The summed E-state index contributed by atoms with van der Waals surface area (Å²) in [6.45, 7) is 0.354. The summed E-state index contributed by atoms with van der Waals surface area (Å²) in [5.41, 5.74) is 4.01. The van der Waals surface area contributed by atoms with Crippen molar-refractivity contribution in [2.24, 2.45) is 0 Å². The van der Waals surface area contributed by atoms with E-state index in [0.29, 0.717) is 12.2 Å². The Labute approximate surface area is 189 Å². The van der Waals surface area contributed by atoms with Gasteiger partial charge >= 0.3 is 6.03 Å². The Morgan fingerprint density at radius 1 is 1.06 bits per heavy atom. The molecule has 7 heteroatoms. The van der Waals surface area contributed by atoms with Gasteiger partial charge in [0.15, 0.2) is 0 Å². The normalized spacial score (nSPS) is 15.1. The summed E-state index contributed by atoms with van der Waals surface area (Å²) in [4.78, 5) is 25.8. The first-order valence-corrected chi connectivity index (χ1v) is 11.0. The van der Waals surface area contributed by atoms with Gasteiger partial charge in [0.1, 0.15) is 0 Å². The molecule has 0 spiro atoms. The van der Waals surface area contributed by atoms with Gasteiger partial charge in [0.2, 0.25) is 0 Å². The van der Waals surface area contributed by atoms with Gasteiger partial charge in [-0.2, -0.15) is 0 Å². The second kappa shape index (κ2) is 9.31. The third-order valence-corrected chi connectivity index (χ3v) is 6.28. The number of carbonyl (C=O) groups is 1. The van der Waals surface area contributed by atoms with Crippen molar-refractivity contribution in [2.45, 2.75) is 31.8 Å². The maximum atomic E-state index is 13.4. The van der Waals surface area contributed by atoms with Crippen molar-refractivity contribution in [2.75, 3.05) is 5.32 Å². The minimum Gasteiger partial charge on any atom is -0.313 e. The molecule has 31 heavy (non-hydrogen) atoms. The highest BCUT2D eigenvalue weighted by Crippen LogP contribution is 2.36. The number of carbonyl (C=O) groups excluding carboxylic acids is 1. The molecule has 4 rings (SSSR count). The molecule has 1 aliphatic rings. The first-order valence-electron chi connectivity index (χ1n) is 10.2. The van der Waals surface area contributed by atoms with Crippen LogP contribution in [0.2, 0.25) is 0 Å². The van der Waals surface area contributed by atoms with E-state index < -0.39 is 4.92 Å². The fraction of sp³-hybridized carbons (Fsp3) is 0.208. The molecule has 1 atom stereocenters. The number of nitrogens with one attached hydrogen (secondary N) is 1. The van der Waals surface area contributed by atoms with E-state index in [-0.39, 0.29) is 17.8 Å². The highest BCUT2D eigenvalue weighted by Gasteiger charge is 2.29. The number of anilines is 1. The van der Waals surface area contributed by atoms with E-state index in [0.717, 1.165) is 34.9 Å². The van der Waals surface area contributed by atoms with E-state index in [9.17, 15) is 14.9 Å². The van der Waals surface area contributed by atoms with E-state index >= 15 is 0 Å². The lowest BCUT2D eigenvalue weighted by Crippen LogP contribution is -2.39. The molecule has 1 N–H and O–H groups in total. The zero-order valence-corrected chi connectivity index (χ0v) is 18.4. The minimum absolute atomic E-state index is 0.0379. The van der Waals surface area contributed by atoms with E-state index in [1.54, 1.807) is 12.1 Å². The Morgan fingerprint density at radius 3 is 2.52 bits per heavy atom. The lowest BCUT2D eigenvalue weighted by molar-refractivity contribution is -0.384. The van der Waals surface area contributed by atoms with E-state index in [1.807, 2.05) is 41.3 Å². The molecule has 0 bridgehead atoms. The van der Waals surface area contributed by atoms with Gasteiger partial charge in [0.25, 0.3) is 5.69 Å². The molecular weight excluding hydrogens is 458 g/mol. The lowest BCUT2D eigenvalue weighted by atomic mass is 9.86. The number of nitrogens with zero attached hydrogens (tertiary/aromatic N) is 2. The minimum atomic E-state index is -0.418. The number of amides is 2. The Balaban J connectivity index is 1.66. The molecule has 0 heterocycles. The van der Waals surface area contributed by atoms with Crippen LogP contribution in [-0.4, -0.2) is 15.9 Å². The van der Waals surface area contributed by atoms with Crippen molar-refractivity contribution in [3.05, 3.63) is 104 Å². The van der Waals surface area contributed by atoms with Gasteiger partial charge < -0.3 is 10.2 Å². The first kappa shape index (κ1) is 21.1. The smallest absolute Gasteiger partial charge is 0.313 e. The maximum Gasteiger partial charge on any atom is 0.322 e. The third-order valence-electron chi connectivity index (χ3n) is 5.59. The number of fused-ring (bicyclic) bond motifs is 1. The highest BCUT2D eigenvalue weighted by atomic mass is 79.9. The summed E-state index contributed by atoms with van der Waals surface area (Å²) in [6, 6.07) is 21.9. The van der Waals surface area contributed by atoms with Gasteiger partial charge in [-0.1, -0.05) is 48.5 Å². The van der Waals surface area contributed by atoms with E-state index in [1.165, 1.54) is 17.7 Å². The molecule has 1 unspecified atom stereocenters. The van der Waals surface area contributed by atoms with Crippen LogP contribution in [0.1, 0.15) is 35.6 Å². The van der Waals surface area contributed by atoms with Gasteiger partial charge in [0, 0.05) is 23.2 Å². The summed E-state index contributed by atoms with van der Waals surface area (Å²) in [6.07, 6.45) is 2.87. The average molecular weight is 480 g/mol. The second-order valence-electron chi connectivity index (χ2n) is 7.57. The number of halogens is 1. The van der Waals surface area contributed by atoms with Crippen LogP contribution in [0.4, 0.5) is 16.2 Å². The molecule has 0 fully saturated rings. The zero-order chi connectivity index (χ0) is 21.8. The standard InChI is InChI=1S/C24H22BrN3O3/c25-21-9-3-4-10-22(21)26-24(29)27(16-17-12-14-19(15-13-17)28(30)31)23-11-5-7-18-6-1-2-8-20(18)23/h1-4,6,8-10,12-15,23H,5,7,11,16H2,(H,26,29). The molecule has 0 aromatic heterocycles.